The highest BCUT2D eigenvalue weighted by atomic mass is 14.8. The van der Waals surface area contributed by atoms with Crippen LogP contribution in [0.5, 0.6) is 0 Å². The molecule has 0 fully saturated rings. The van der Waals surface area contributed by atoms with E-state index in [4.69, 9.17) is 34.9 Å². The first-order valence-electron chi connectivity index (χ1n) is 36.5. The van der Waals surface area contributed by atoms with Gasteiger partial charge in [-0.3, -0.25) is 19.9 Å². The van der Waals surface area contributed by atoms with Crippen LogP contribution in [0.3, 0.4) is 0 Å². The molecule has 8 nitrogen and oxygen atoms in total. The molecule has 8 heterocycles. The highest BCUT2D eigenvalue weighted by Crippen LogP contribution is 2.48. The van der Waals surface area contributed by atoms with E-state index in [0.717, 1.165) is 159 Å². The van der Waals surface area contributed by atoms with E-state index < -0.39 is 0 Å². The summed E-state index contributed by atoms with van der Waals surface area (Å²) >= 11 is 0. The predicted octanol–water partition coefficient (Wildman–Crippen LogP) is 25.8. The molecule has 8 aromatic heterocycles. The number of aromatic nitrogens is 8. The Labute approximate surface area is 618 Å². The minimum absolute atomic E-state index is 0.898. The number of benzene rings is 15. The largest absolute Gasteiger partial charge is 0.254 e. The zero-order chi connectivity index (χ0) is 70.9. The van der Waals surface area contributed by atoms with Crippen LogP contribution in [0.1, 0.15) is 0 Å². The fourth-order valence-electron chi connectivity index (χ4n) is 17.2. The Morgan fingerprint density at radius 1 is 0.157 bits per heavy atom. The van der Waals surface area contributed by atoms with Crippen LogP contribution in [0.15, 0.2) is 352 Å². The van der Waals surface area contributed by atoms with Crippen molar-refractivity contribution in [2.75, 3.05) is 0 Å². The highest BCUT2D eigenvalue weighted by molar-refractivity contribution is 6.28. The summed E-state index contributed by atoms with van der Waals surface area (Å²) in [6.45, 7) is 0. The number of hydrogen-bond donors (Lipinski definition) is 0. The van der Waals surface area contributed by atoms with Gasteiger partial charge in [0.25, 0.3) is 0 Å². The van der Waals surface area contributed by atoms with Crippen molar-refractivity contribution < 1.29 is 0 Å². The number of nitrogens with zero attached hydrogens (tertiary/aromatic N) is 8. The van der Waals surface area contributed by atoms with Crippen LogP contribution in [-0.4, -0.2) is 39.9 Å². The third kappa shape index (κ3) is 9.64. The van der Waals surface area contributed by atoms with E-state index in [0.29, 0.717) is 0 Å². The molecule has 23 rings (SSSR count). The van der Waals surface area contributed by atoms with Crippen LogP contribution in [0.25, 0.3) is 230 Å². The zero-order valence-electron chi connectivity index (χ0n) is 58.1. The second-order valence-electron chi connectivity index (χ2n) is 27.9. The van der Waals surface area contributed by atoms with Crippen molar-refractivity contribution in [3.05, 3.63) is 352 Å². The predicted molar refractivity (Wildman–Crippen MR) is 450 cm³/mol. The van der Waals surface area contributed by atoms with Gasteiger partial charge in [0, 0.05) is 101 Å². The molecule has 0 N–H and O–H groups in total. The SMILES string of the molecule is c1ccc(-c2c3ccccc3nc3c2ccc2ccc(-c4c5ccccc5c(-c5ccnc6c5ccc5cccnc56)c5ccccc45)nc23)cc1.c1ccc(-c2c3ccccc3nc3c2ccc2ccc(-c4ccc5c6ccc(-c7ccnc8c7ccc7cccnc78)cc6c6ccccc6c5c4)nc23)cc1. The van der Waals surface area contributed by atoms with Crippen LogP contribution in [0.4, 0.5) is 0 Å². The molecule has 0 radical (unpaired) electrons. The Hall–Kier alpha value is -14.6. The number of pyridine rings is 8. The molecule has 108 heavy (non-hydrogen) atoms. The monoisotopic (exact) mass is 1370 g/mol. The second kappa shape index (κ2) is 24.5. The Morgan fingerprint density at radius 2 is 0.528 bits per heavy atom. The molecule has 0 amide bonds. The Kier molecular flexibility index (Phi) is 13.8. The van der Waals surface area contributed by atoms with Gasteiger partial charge in [0.1, 0.15) is 0 Å². The molecular formula is C100H58N8. The minimum Gasteiger partial charge on any atom is -0.254 e. The van der Waals surface area contributed by atoms with Crippen LogP contribution in [-0.2, 0) is 0 Å². The average molecular weight is 1370 g/mol. The molecule has 23 aromatic rings. The molecule has 0 aliphatic carbocycles. The van der Waals surface area contributed by atoms with E-state index in [-0.39, 0.29) is 0 Å². The van der Waals surface area contributed by atoms with Gasteiger partial charge < -0.3 is 0 Å². The maximum absolute atomic E-state index is 5.52. The van der Waals surface area contributed by atoms with Crippen molar-refractivity contribution in [3.63, 3.8) is 0 Å². The summed E-state index contributed by atoms with van der Waals surface area (Å²) in [5, 5.41) is 22.9. The molecule has 0 aliphatic rings. The smallest absolute Gasteiger partial charge is 0.0978 e. The van der Waals surface area contributed by atoms with Gasteiger partial charge in [0.05, 0.1) is 66.6 Å². The van der Waals surface area contributed by atoms with Crippen LogP contribution in [0, 0.1) is 0 Å². The zero-order valence-corrected chi connectivity index (χ0v) is 58.1. The van der Waals surface area contributed by atoms with Crippen molar-refractivity contribution in [3.8, 4) is 67.0 Å². The third-order valence-corrected chi connectivity index (χ3v) is 22.0. The van der Waals surface area contributed by atoms with Crippen LogP contribution >= 0.6 is 0 Å². The summed E-state index contributed by atoms with van der Waals surface area (Å²) in [5.41, 5.74) is 22.6. The topological polar surface area (TPSA) is 103 Å². The van der Waals surface area contributed by atoms with Crippen molar-refractivity contribution in [1.29, 1.82) is 0 Å². The lowest BCUT2D eigenvalue weighted by atomic mass is 9.86. The summed E-state index contributed by atoms with van der Waals surface area (Å²) in [7, 11) is 0. The molecule has 0 atom stereocenters. The Bertz CT molecular complexity index is 7680. The molecule has 498 valence electrons. The summed E-state index contributed by atoms with van der Waals surface area (Å²) in [4.78, 5) is 40.5. The van der Waals surface area contributed by atoms with E-state index in [1.165, 1.54) is 70.9 Å². The molecule has 0 bridgehead atoms. The molecule has 0 saturated carbocycles. The van der Waals surface area contributed by atoms with E-state index >= 15 is 0 Å². The summed E-state index contributed by atoms with van der Waals surface area (Å²) < 4.78 is 0. The van der Waals surface area contributed by atoms with Gasteiger partial charge in [0.2, 0.25) is 0 Å². The Balaban J connectivity index is 0.000000134. The summed E-state index contributed by atoms with van der Waals surface area (Å²) in [5.74, 6) is 0. The second-order valence-corrected chi connectivity index (χ2v) is 27.9. The van der Waals surface area contributed by atoms with Gasteiger partial charge in [-0.1, -0.05) is 267 Å². The first-order chi connectivity index (χ1) is 53.6. The summed E-state index contributed by atoms with van der Waals surface area (Å²) in [6, 6.07) is 117. The molecule has 0 saturated heterocycles. The van der Waals surface area contributed by atoms with E-state index in [1.54, 1.807) is 0 Å². The number of hydrogen-bond acceptors (Lipinski definition) is 8. The molecule has 8 heteroatoms. The molecule has 0 spiro atoms. The van der Waals surface area contributed by atoms with Crippen molar-refractivity contribution in [2.24, 2.45) is 0 Å². The van der Waals surface area contributed by atoms with E-state index in [2.05, 4.69) is 320 Å². The van der Waals surface area contributed by atoms with Crippen molar-refractivity contribution in [1.82, 2.24) is 39.9 Å². The lowest BCUT2D eigenvalue weighted by Crippen LogP contribution is -1.95. The van der Waals surface area contributed by atoms with Gasteiger partial charge >= 0.3 is 0 Å². The molecule has 15 aromatic carbocycles. The quantitative estimate of drug-likeness (QED) is 0.120. The van der Waals surface area contributed by atoms with Gasteiger partial charge in [-0.05, 0) is 148 Å². The van der Waals surface area contributed by atoms with E-state index in [1.807, 2.05) is 36.9 Å². The lowest BCUT2D eigenvalue weighted by Gasteiger charge is -2.19. The maximum Gasteiger partial charge on any atom is 0.0978 e. The summed E-state index contributed by atoms with van der Waals surface area (Å²) in [6.07, 6.45) is 7.50. The standard InChI is InChI=1S/C52H30N4.C48H28N4/c1-2-9-31(10-3-1)48-42-14-6-7-15-47(42)56-52-43(48)24-17-33-20-25-46(55-50(33)52)35-19-22-40-39-21-18-34(29-44(39)37-12-4-5-13-38(37)45(40)30-35)36-26-28-54-51-41(36)23-16-32-11-8-27-53-49(32)51;1-2-11-29(12-3-1)42-38-18-8-9-19-40(38)51-48-39(42)24-21-31-22-25-41(52-46(31)48)44-34-16-6-4-14-32(34)43(33-15-5-7-17-35(33)44)36-26-28-50-47-37(36)23-20-30-13-10-27-49-45(30)47/h1-30H;1-28H. The normalized spacial score (nSPS) is 11.9. The molecule has 0 unspecified atom stereocenters. The van der Waals surface area contributed by atoms with Gasteiger partial charge in [-0.25, -0.2) is 19.9 Å². The first kappa shape index (κ1) is 60.9. The fraction of sp³-hybridized carbons (Fsp3) is 0. The number of para-hydroxylation sites is 2. The van der Waals surface area contributed by atoms with Gasteiger partial charge in [0.15, 0.2) is 0 Å². The number of rotatable bonds is 6. The lowest BCUT2D eigenvalue weighted by molar-refractivity contribution is 1.37. The molecular weight excluding hydrogens is 1310 g/mol. The minimum atomic E-state index is 0.898. The van der Waals surface area contributed by atoms with Gasteiger partial charge in [-0.2, -0.15) is 0 Å². The van der Waals surface area contributed by atoms with Crippen LogP contribution in [0.2, 0.25) is 0 Å². The van der Waals surface area contributed by atoms with Crippen LogP contribution < -0.4 is 0 Å². The maximum atomic E-state index is 5.52. The Morgan fingerprint density at radius 3 is 1.06 bits per heavy atom. The first-order valence-corrected chi connectivity index (χ1v) is 36.5. The number of fused-ring (bicyclic) bond motifs is 22. The van der Waals surface area contributed by atoms with Gasteiger partial charge in [-0.15, -0.1) is 0 Å². The highest BCUT2D eigenvalue weighted by Gasteiger charge is 2.23. The average Bonchev–Trinajstić information content (AvgIpc) is 0.739. The van der Waals surface area contributed by atoms with E-state index in [9.17, 15) is 0 Å². The molecule has 0 aliphatic heterocycles. The third-order valence-electron chi connectivity index (χ3n) is 22.0. The fourth-order valence-corrected chi connectivity index (χ4v) is 17.2. The van der Waals surface area contributed by atoms with Crippen molar-refractivity contribution >= 4 is 163 Å². The van der Waals surface area contributed by atoms with Crippen molar-refractivity contribution in [2.45, 2.75) is 0 Å².